The largest absolute Gasteiger partial charge is 0.350 e. The highest BCUT2D eigenvalue weighted by molar-refractivity contribution is 5.95. The molecule has 114 valence electrons. The van der Waals surface area contributed by atoms with Gasteiger partial charge in [0.25, 0.3) is 11.8 Å². The van der Waals surface area contributed by atoms with Crippen molar-refractivity contribution in [1.82, 2.24) is 10.6 Å². The Bertz CT molecular complexity index is 663. The SMILES string of the molecule is Cc1ccc(C(=O)NCCNC(=O)c2cccc(C)c2)cc1. The van der Waals surface area contributed by atoms with Crippen molar-refractivity contribution in [2.24, 2.45) is 0 Å². The van der Waals surface area contributed by atoms with E-state index < -0.39 is 0 Å². The van der Waals surface area contributed by atoms with Gasteiger partial charge in [-0.3, -0.25) is 9.59 Å². The molecule has 4 nitrogen and oxygen atoms in total. The molecule has 2 aromatic rings. The summed E-state index contributed by atoms with van der Waals surface area (Å²) in [4.78, 5) is 23.8. The Kier molecular flexibility index (Phi) is 5.31. The minimum atomic E-state index is -0.134. The summed E-state index contributed by atoms with van der Waals surface area (Å²) in [6.07, 6.45) is 0. The van der Waals surface area contributed by atoms with Crippen molar-refractivity contribution < 1.29 is 9.59 Å². The van der Waals surface area contributed by atoms with Gasteiger partial charge in [-0.1, -0.05) is 35.4 Å². The van der Waals surface area contributed by atoms with Crippen LogP contribution in [-0.2, 0) is 0 Å². The minimum absolute atomic E-state index is 0.131. The molecule has 0 saturated heterocycles. The molecule has 0 atom stereocenters. The molecule has 22 heavy (non-hydrogen) atoms. The molecule has 2 N–H and O–H groups in total. The number of benzene rings is 2. The van der Waals surface area contributed by atoms with Gasteiger partial charge >= 0.3 is 0 Å². The van der Waals surface area contributed by atoms with Crippen LogP contribution in [0.4, 0.5) is 0 Å². The molecule has 0 aliphatic heterocycles. The summed E-state index contributed by atoms with van der Waals surface area (Å²) in [5.74, 6) is -0.266. The molecule has 0 heterocycles. The van der Waals surface area contributed by atoms with Gasteiger partial charge in [0.15, 0.2) is 0 Å². The molecule has 0 bridgehead atoms. The van der Waals surface area contributed by atoms with Crippen LogP contribution in [0.1, 0.15) is 31.8 Å². The maximum absolute atomic E-state index is 11.9. The van der Waals surface area contributed by atoms with Crippen LogP contribution in [-0.4, -0.2) is 24.9 Å². The van der Waals surface area contributed by atoms with E-state index in [4.69, 9.17) is 0 Å². The fourth-order valence-corrected chi connectivity index (χ4v) is 2.05. The monoisotopic (exact) mass is 296 g/mol. The third kappa shape index (κ3) is 4.45. The van der Waals surface area contributed by atoms with Crippen molar-refractivity contribution in [2.75, 3.05) is 13.1 Å². The predicted octanol–water partition coefficient (Wildman–Crippen LogP) is 2.46. The molecular weight excluding hydrogens is 276 g/mol. The molecule has 0 fully saturated rings. The minimum Gasteiger partial charge on any atom is -0.350 e. The Hall–Kier alpha value is -2.62. The average molecular weight is 296 g/mol. The van der Waals surface area contributed by atoms with Crippen LogP contribution in [0.5, 0.6) is 0 Å². The molecule has 0 aliphatic carbocycles. The zero-order chi connectivity index (χ0) is 15.9. The van der Waals surface area contributed by atoms with Gasteiger partial charge < -0.3 is 10.6 Å². The number of aryl methyl sites for hydroxylation is 2. The Morgan fingerprint density at radius 3 is 1.95 bits per heavy atom. The highest BCUT2D eigenvalue weighted by Gasteiger charge is 2.06. The topological polar surface area (TPSA) is 58.2 Å². The van der Waals surface area contributed by atoms with Crippen LogP contribution < -0.4 is 10.6 Å². The van der Waals surface area contributed by atoms with E-state index in [9.17, 15) is 9.59 Å². The number of carbonyl (C=O) groups is 2. The lowest BCUT2D eigenvalue weighted by Crippen LogP contribution is -2.34. The van der Waals surface area contributed by atoms with Crippen LogP contribution >= 0.6 is 0 Å². The second-order valence-corrected chi connectivity index (χ2v) is 5.25. The molecular formula is C18H20N2O2. The zero-order valence-corrected chi connectivity index (χ0v) is 12.8. The first-order valence-corrected chi connectivity index (χ1v) is 7.26. The summed E-state index contributed by atoms with van der Waals surface area (Å²) < 4.78 is 0. The molecule has 2 aromatic carbocycles. The second-order valence-electron chi connectivity index (χ2n) is 5.25. The third-order valence-electron chi connectivity index (χ3n) is 3.29. The first-order valence-electron chi connectivity index (χ1n) is 7.26. The first kappa shape index (κ1) is 15.8. The molecule has 0 saturated carbocycles. The van der Waals surface area contributed by atoms with Gasteiger partial charge in [-0.15, -0.1) is 0 Å². The van der Waals surface area contributed by atoms with Crippen molar-refractivity contribution in [2.45, 2.75) is 13.8 Å². The lowest BCUT2D eigenvalue weighted by Gasteiger charge is -2.08. The van der Waals surface area contributed by atoms with Gasteiger partial charge in [0.05, 0.1) is 0 Å². The van der Waals surface area contributed by atoms with Gasteiger partial charge in [0.1, 0.15) is 0 Å². The normalized spacial score (nSPS) is 10.1. The predicted molar refractivity (Wildman–Crippen MR) is 87.0 cm³/mol. The van der Waals surface area contributed by atoms with E-state index in [0.29, 0.717) is 24.2 Å². The molecule has 2 rings (SSSR count). The number of hydrogen-bond donors (Lipinski definition) is 2. The van der Waals surface area contributed by atoms with Crippen molar-refractivity contribution in [3.05, 3.63) is 70.8 Å². The second kappa shape index (κ2) is 7.41. The molecule has 4 heteroatoms. The number of amides is 2. The Morgan fingerprint density at radius 2 is 1.36 bits per heavy atom. The maximum atomic E-state index is 11.9. The number of nitrogens with one attached hydrogen (secondary N) is 2. The maximum Gasteiger partial charge on any atom is 0.251 e. The average Bonchev–Trinajstić information content (AvgIpc) is 2.51. The van der Waals surface area contributed by atoms with Crippen molar-refractivity contribution in [3.8, 4) is 0 Å². The molecule has 0 unspecified atom stereocenters. The van der Waals surface area contributed by atoms with Crippen LogP contribution in [0, 0.1) is 13.8 Å². The summed E-state index contributed by atoms with van der Waals surface area (Å²) in [6.45, 7) is 4.70. The Labute approximate surface area is 130 Å². The summed E-state index contributed by atoms with van der Waals surface area (Å²) in [6, 6.07) is 14.8. The van der Waals surface area contributed by atoms with Gasteiger partial charge in [-0.05, 0) is 38.1 Å². The van der Waals surface area contributed by atoms with Crippen molar-refractivity contribution in [3.63, 3.8) is 0 Å². The van der Waals surface area contributed by atoms with Gasteiger partial charge in [0.2, 0.25) is 0 Å². The molecule has 0 spiro atoms. The lowest BCUT2D eigenvalue weighted by molar-refractivity contribution is 0.0927. The number of rotatable bonds is 5. The van der Waals surface area contributed by atoms with Crippen LogP contribution in [0.25, 0.3) is 0 Å². The zero-order valence-electron chi connectivity index (χ0n) is 12.8. The van der Waals surface area contributed by atoms with Crippen molar-refractivity contribution in [1.29, 1.82) is 0 Å². The lowest BCUT2D eigenvalue weighted by atomic mass is 10.1. The van der Waals surface area contributed by atoms with E-state index in [2.05, 4.69) is 10.6 Å². The standard InChI is InChI=1S/C18H20N2O2/c1-13-6-8-15(9-7-13)17(21)19-10-11-20-18(22)16-5-3-4-14(2)12-16/h3-9,12H,10-11H2,1-2H3,(H,19,21)(H,20,22). The summed E-state index contributed by atoms with van der Waals surface area (Å²) in [7, 11) is 0. The van der Waals surface area contributed by atoms with E-state index in [1.165, 1.54) is 0 Å². The number of hydrogen-bond acceptors (Lipinski definition) is 2. The van der Waals surface area contributed by atoms with E-state index in [0.717, 1.165) is 11.1 Å². The smallest absolute Gasteiger partial charge is 0.251 e. The van der Waals surface area contributed by atoms with E-state index >= 15 is 0 Å². The van der Waals surface area contributed by atoms with E-state index in [1.807, 2.05) is 44.2 Å². The van der Waals surface area contributed by atoms with Gasteiger partial charge in [0, 0.05) is 24.2 Å². The van der Waals surface area contributed by atoms with Crippen molar-refractivity contribution >= 4 is 11.8 Å². The third-order valence-corrected chi connectivity index (χ3v) is 3.29. The quantitative estimate of drug-likeness (QED) is 0.833. The van der Waals surface area contributed by atoms with Gasteiger partial charge in [-0.25, -0.2) is 0 Å². The van der Waals surface area contributed by atoms with Crippen LogP contribution in [0.2, 0.25) is 0 Å². The molecule has 0 radical (unpaired) electrons. The first-order chi connectivity index (χ1) is 10.6. The fraction of sp³-hybridized carbons (Fsp3) is 0.222. The summed E-state index contributed by atoms with van der Waals surface area (Å²) in [5.41, 5.74) is 3.41. The van der Waals surface area contributed by atoms with E-state index in [1.54, 1.807) is 18.2 Å². The van der Waals surface area contributed by atoms with Crippen LogP contribution in [0.15, 0.2) is 48.5 Å². The highest BCUT2D eigenvalue weighted by Crippen LogP contribution is 2.04. The van der Waals surface area contributed by atoms with Crippen LogP contribution in [0.3, 0.4) is 0 Å². The molecule has 0 aromatic heterocycles. The van der Waals surface area contributed by atoms with Gasteiger partial charge in [-0.2, -0.15) is 0 Å². The highest BCUT2D eigenvalue weighted by atomic mass is 16.2. The Balaban J connectivity index is 1.76. The van der Waals surface area contributed by atoms with E-state index in [-0.39, 0.29) is 11.8 Å². The molecule has 2 amide bonds. The Morgan fingerprint density at radius 1 is 0.773 bits per heavy atom. The summed E-state index contributed by atoms with van der Waals surface area (Å²) >= 11 is 0. The molecule has 0 aliphatic rings. The number of carbonyl (C=O) groups excluding carboxylic acids is 2. The summed E-state index contributed by atoms with van der Waals surface area (Å²) in [5, 5.41) is 5.57. The fourth-order valence-electron chi connectivity index (χ4n) is 2.05.